The number of hydrogen-bond donors (Lipinski definition) is 0. The highest BCUT2D eigenvalue weighted by atomic mass is 35.5. The van der Waals surface area contributed by atoms with E-state index < -0.39 is 12.0 Å². The van der Waals surface area contributed by atoms with Crippen molar-refractivity contribution in [3.63, 3.8) is 0 Å². The molecule has 0 N–H and O–H groups in total. The number of rotatable bonds is 6. The van der Waals surface area contributed by atoms with Crippen molar-refractivity contribution in [3.8, 4) is 11.4 Å². The van der Waals surface area contributed by atoms with E-state index >= 15 is 0 Å². The van der Waals surface area contributed by atoms with Crippen molar-refractivity contribution in [2.45, 2.75) is 33.7 Å². The van der Waals surface area contributed by atoms with Gasteiger partial charge in [0.1, 0.15) is 11.8 Å². The highest BCUT2D eigenvalue weighted by Gasteiger charge is 2.35. The number of carbonyl (C=O) groups excluding carboxylic acids is 1. The molecule has 0 spiro atoms. The molecule has 9 heteroatoms. The Bertz CT molecular complexity index is 1790. The van der Waals surface area contributed by atoms with Crippen LogP contribution in [0.5, 0.6) is 5.75 Å². The van der Waals surface area contributed by atoms with Gasteiger partial charge >= 0.3 is 5.97 Å². The Morgan fingerprint density at radius 3 is 2.54 bits per heavy atom. The fourth-order valence-corrected chi connectivity index (χ4v) is 6.20. The number of allylic oxidation sites excluding steroid dienone is 1. The maximum Gasteiger partial charge on any atom is 0.338 e. The summed E-state index contributed by atoms with van der Waals surface area (Å²) in [7, 11) is 1.57. The third kappa shape index (κ3) is 4.75. The number of ether oxygens (including phenoxy) is 2. The molecule has 200 valence electrons. The van der Waals surface area contributed by atoms with Gasteiger partial charge in [-0.2, -0.15) is 0 Å². The van der Waals surface area contributed by atoms with Crippen molar-refractivity contribution in [2.24, 2.45) is 4.99 Å². The number of thiazole rings is 1. The first-order valence-corrected chi connectivity index (χ1v) is 13.7. The molecule has 0 bridgehead atoms. The summed E-state index contributed by atoms with van der Waals surface area (Å²) < 4.78 is 15.2. The number of fused-ring (bicyclic) bond motifs is 1. The third-order valence-corrected chi connectivity index (χ3v) is 8.03. The van der Waals surface area contributed by atoms with Gasteiger partial charge in [0.2, 0.25) is 0 Å². The summed E-state index contributed by atoms with van der Waals surface area (Å²) >= 11 is 7.39. The molecule has 2 aromatic heterocycles. The highest BCUT2D eigenvalue weighted by Crippen LogP contribution is 2.35. The van der Waals surface area contributed by atoms with E-state index in [4.69, 9.17) is 21.1 Å². The lowest BCUT2D eigenvalue weighted by Gasteiger charge is -2.25. The Balaban J connectivity index is 1.71. The van der Waals surface area contributed by atoms with Crippen LogP contribution in [0, 0.1) is 13.8 Å². The summed E-state index contributed by atoms with van der Waals surface area (Å²) in [6.45, 7) is 7.78. The number of hydrogen-bond acceptors (Lipinski definition) is 6. The van der Waals surface area contributed by atoms with Gasteiger partial charge in [-0.15, -0.1) is 0 Å². The van der Waals surface area contributed by atoms with Crippen LogP contribution in [-0.4, -0.2) is 28.8 Å². The second kappa shape index (κ2) is 10.7. The van der Waals surface area contributed by atoms with Crippen LogP contribution in [-0.2, 0) is 9.53 Å². The van der Waals surface area contributed by atoms with Gasteiger partial charge in [0.15, 0.2) is 4.80 Å². The molecule has 4 aromatic rings. The maximum atomic E-state index is 14.0. The lowest BCUT2D eigenvalue weighted by molar-refractivity contribution is -0.139. The molecule has 2 aromatic carbocycles. The van der Waals surface area contributed by atoms with E-state index in [-0.39, 0.29) is 12.2 Å². The SMILES string of the molecule is CCOC(=O)C1=C(C)N=c2s/c(=C/c3cc(C)n(-c4ccc(Cl)cc4)c3C)c(=O)n2C1c1ccccc1OC. The minimum atomic E-state index is -0.736. The quantitative estimate of drug-likeness (QED) is 0.315. The van der Waals surface area contributed by atoms with Crippen molar-refractivity contribution in [1.29, 1.82) is 0 Å². The Morgan fingerprint density at radius 2 is 1.85 bits per heavy atom. The van der Waals surface area contributed by atoms with Crippen LogP contribution in [0.2, 0.25) is 5.02 Å². The number of esters is 1. The number of para-hydroxylation sites is 1. The topological polar surface area (TPSA) is 74.8 Å². The van der Waals surface area contributed by atoms with Crippen molar-refractivity contribution in [2.75, 3.05) is 13.7 Å². The Kier molecular flexibility index (Phi) is 7.34. The second-order valence-corrected chi connectivity index (χ2v) is 10.6. The Morgan fingerprint density at radius 1 is 1.13 bits per heavy atom. The summed E-state index contributed by atoms with van der Waals surface area (Å²) in [5, 5.41) is 0.671. The minimum absolute atomic E-state index is 0.210. The van der Waals surface area contributed by atoms with Crippen LogP contribution in [0.15, 0.2) is 75.7 Å². The number of benzene rings is 2. The van der Waals surface area contributed by atoms with E-state index in [1.807, 2.05) is 68.5 Å². The van der Waals surface area contributed by atoms with Gasteiger partial charge in [-0.1, -0.05) is 41.1 Å². The molecule has 39 heavy (non-hydrogen) atoms. The van der Waals surface area contributed by atoms with Crippen molar-refractivity contribution >= 4 is 35.0 Å². The van der Waals surface area contributed by atoms with Crippen molar-refractivity contribution in [3.05, 3.63) is 113 Å². The molecule has 0 aliphatic carbocycles. The van der Waals surface area contributed by atoms with Crippen LogP contribution in [0.25, 0.3) is 11.8 Å². The molecule has 0 saturated heterocycles. The molecule has 0 amide bonds. The molecule has 3 heterocycles. The molecule has 1 unspecified atom stereocenters. The number of carbonyl (C=O) groups is 1. The van der Waals surface area contributed by atoms with Gasteiger partial charge in [0.05, 0.1) is 29.5 Å². The number of nitrogens with zero attached hydrogens (tertiary/aromatic N) is 3. The lowest BCUT2D eigenvalue weighted by Crippen LogP contribution is -2.40. The molecule has 5 rings (SSSR count). The molecule has 7 nitrogen and oxygen atoms in total. The van der Waals surface area contributed by atoms with Crippen LogP contribution < -0.4 is 19.6 Å². The first kappa shape index (κ1) is 26.7. The predicted molar refractivity (Wildman–Crippen MR) is 154 cm³/mol. The van der Waals surface area contributed by atoms with Crippen LogP contribution in [0.3, 0.4) is 0 Å². The fourth-order valence-electron chi connectivity index (χ4n) is 5.04. The Hall–Kier alpha value is -3.88. The molecular weight excluding hydrogens is 534 g/mol. The molecule has 0 fully saturated rings. The summed E-state index contributed by atoms with van der Waals surface area (Å²) in [5.74, 6) is 0.0653. The molecule has 0 saturated carbocycles. The minimum Gasteiger partial charge on any atom is -0.496 e. The molecular formula is C30H28ClN3O4S. The summed E-state index contributed by atoms with van der Waals surface area (Å²) in [6.07, 6.45) is 1.89. The predicted octanol–water partition coefficient (Wildman–Crippen LogP) is 4.87. The van der Waals surface area contributed by atoms with Crippen LogP contribution in [0.4, 0.5) is 0 Å². The van der Waals surface area contributed by atoms with Gasteiger partial charge in [0, 0.05) is 27.7 Å². The number of aromatic nitrogens is 2. The van der Waals surface area contributed by atoms with Gasteiger partial charge in [-0.3, -0.25) is 9.36 Å². The lowest BCUT2D eigenvalue weighted by atomic mass is 9.95. The van der Waals surface area contributed by atoms with Crippen molar-refractivity contribution in [1.82, 2.24) is 9.13 Å². The standard InChI is InChI=1S/C30H28ClN3O4S/c1-6-38-29(36)26-18(3)32-30-34(27(26)23-9-7-8-10-24(23)37-5)28(35)25(39-30)16-20-15-17(2)33(19(20)4)22-13-11-21(31)12-14-22/h7-16,27H,6H2,1-5H3/b25-16+. The van der Waals surface area contributed by atoms with E-state index in [1.165, 1.54) is 11.3 Å². The first-order valence-electron chi connectivity index (χ1n) is 12.5. The average Bonchev–Trinajstić information content (AvgIpc) is 3.37. The summed E-state index contributed by atoms with van der Waals surface area (Å²) in [4.78, 5) is 32.3. The number of halogens is 1. The molecule has 0 radical (unpaired) electrons. The van der Waals surface area contributed by atoms with Crippen LogP contribution >= 0.6 is 22.9 Å². The summed E-state index contributed by atoms with van der Waals surface area (Å²) in [6, 6.07) is 16.3. The molecule has 1 aliphatic heterocycles. The molecule has 1 aliphatic rings. The third-order valence-electron chi connectivity index (χ3n) is 6.79. The number of methoxy groups -OCH3 is 1. The second-order valence-electron chi connectivity index (χ2n) is 9.18. The van der Waals surface area contributed by atoms with Crippen LogP contribution in [0.1, 0.15) is 42.4 Å². The largest absolute Gasteiger partial charge is 0.496 e. The van der Waals surface area contributed by atoms with Gasteiger partial charge < -0.3 is 14.0 Å². The monoisotopic (exact) mass is 561 g/mol. The Labute approximate surface area is 234 Å². The first-order chi connectivity index (χ1) is 18.7. The van der Waals surface area contributed by atoms with E-state index in [9.17, 15) is 9.59 Å². The smallest absolute Gasteiger partial charge is 0.338 e. The van der Waals surface area contributed by atoms with Gasteiger partial charge in [0.25, 0.3) is 5.56 Å². The highest BCUT2D eigenvalue weighted by molar-refractivity contribution is 7.07. The van der Waals surface area contributed by atoms with E-state index in [0.29, 0.717) is 36.9 Å². The zero-order valence-corrected chi connectivity index (χ0v) is 23.9. The maximum absolute atomic E-state index is 14.0. The normalized spacial score (nSPS) is 15.2. The zero-order valence-electron chi connectivity index (χ0n) is 22.3. The molecule has 1 atom stereocenters. The zero-order chi connectivity index (χ0) is 27.8. The fraction of sp³-hybridized carbons (Fsp3) is 0.233. The average molecular weight is 562 g/mol. The van der Waals surface area contributed by atoms with E-state index in [1.54, 1.807) is 25.5 Å². The van der Waals surface area contributed by atoms with Gasteiger partial charge in [-0.05, 0) is 75.7 Å². The number of aryl methyl sites for hydroxylation is 1. The van der Waals surface area contributed by atoms with Crippen molar-refractivity contribution < 1.29 is 14.3 Å². The van der Waals surface area contributed by atoms with Gasteiger partial charge in [-0.25, -0.2) is 9.79 Å². The summed E-state index contributed by atoms with van der Waals surface area (Å²) in [5.41, 5.74) is 5.21. The van der Waals surface area contributed by atoms with E-state index in [2.05, 4.69) is 15.6 Å². The van der Waals surface area contributed by atoms with E-state index in [0.717, 1.165) is 22.6 Å².